The van der Waals surface area contributed by atoms with Crippen LogP contribution in [0, 0.1) is 17.8 Å². The molecule has 5 rings (SSSR count). The fraction of sp³-hybridized carbons (Fsp3) is 0.519. The quantitative estimate of drug-likeness (QED) is 0.627. The van der Waals surface area contributed by atoms with Crippen molar-refractivity contribution in [2.75, 3.05) is 53.0 Å². The predicted octanol–water partition coefficient (Wildman–Crippen LogP) is 2.38. The molecule has 8 nitrogen and oxygen atoms in total. The Morgan fingerprint density at radius 3 is 2.57 bits per heavy atom. The smallest absolute Gasteiger partial charge is 0.259 e. The van der Waals surface area contributed by atoms with E-state index in [0.29, 0.717) is 36.5 Å². The molecular weight excluding hydrogens is 444 g/mol. The molecule has 2 aromatic rings. The fourth-order valence-electron chi connectivity index (χ4n) is 5.68. The van der Waals surface area contributed by atoms with Crippen LogP contribution in [0.5, 0.6) is 5.88 Å². The average Bonchev–Trinajstić information content (AvgIpc) is 3.64. The number of rotatable bonds is 8. The third-order valence-electron chi connectivity index (χ3n) is 7.60. The van der Waals surface area contributed by atoms with Crippen LogP contribution in [0.3, 0.4) is 0 Å². The molecule has 0 radical (unpaired) electrons. The summed E-state index contributed by atoms with van der Waals surface area (Å²) in [4.78, 5) is 34.5. The van der Waals surface area contributed by atoms with Crippen LogP contribution < -0.4 is 10.1 Å². The first-order valence-electron chi connectivity index (χ1n) is 12.6. The SMILES string of the molecule is COc1ncccc1C(=O)N1CC2CN(CC[C@H](NC(=O)C3CCOC3)c3ccccc3)CC2C1. The van der Waals surface area contributed by atoms with Crippen molar-refractivity contribution in [3.05, 3.63) is 59.8 Å². The summed E-state index contributed by atoms with van der Waals surface area (Å²) in [6.07, 6.45) is 3.29. The largest absolute Gasteiger partial charge is 0.480 e. The van der Waals surface area contributed by atoms with E-state index in [2.05, 4.69) is 27.3 Å². The van der Waals surface area contributed by atoms with Gasteiger partial charge in [-0.25, -0.2) is 4.98 Å². The van der Waals surface area contributed by atoms with Crippen LogP contribution in [0.1, 0.15) is 34.8 Å². The highest BCUT2D eigenvalue weighted by atomic mass is 16.5. The van der Waals surface area contributed by atoms with Gasteiger partial charge in [0.25, 0.3) is 5.91 Å². The molecule has 3 unspecified atom stereocenters. The summed E-state index contributed by atoms with van der Waals surface area (Å²) in [7, 11) is 1.54. The molecule has 1 aromatic carbocycles. The third-order valence-corrected chi connectivity index (χ3v) is 7.60. The van der Waals surface area contributed by atoms with Gasteiger partial charge in [-0.3, -0.25) is 9.59 Å². The molecule has 3 saturated heterocycles. The lowest BCUT2D eigenvalue weighted by Crippen LogP contribution is -2.37. The topological polar surface area (TPSA) is 84.0 Å². The van der Waals surface area contributed by atoms with E-state index >= 15 is 0 Å². The van der Waals surface area contributed by atoms with Gasteiger partial charge in [-0.05, 0) is 42.4 Å². The maximum atomic E-state index is 13.1. The lowest BCUT2D eigenvalue weighted by atomic mass is 10.0. The van der Waals surface area contributed by atoms with E-state index in [0.717, 1.165) is 51.1 Å². The number of aromatic nitrogens is 1. The Kier molecular flexibility index (Phi) is 7.29. The zero-order valence-corrected chi connectivity index (χ0v) is 20.3. The molecule has 3 fully saturated rings. The van der Waals surface area contributed by atoms with Gasteiger partial charge >= 0.3 is 0 Å². The van der Waals surface area contributed by atoms with E-state index < -0.39 is 0 Å². The number of fused-ring (bicyclic) bond motifs is 1. The van der Waals surface area contributed by atoms with Crippen LogP contribution in [0.25, 0.3) is 0 Å². The number of hydrogen-bond acceptors (Lipinski definition) is 6. The third kappa shape index (κ3) is 5.33. The molecule has 2 amide bonds. The van der Waals surface area contributed by atoms with Gasteiger partial charge in [-0.2, -0.15) is 0 Å². The molecule has 0 saturated carbocycles. The second-order valence-corrected chi connectivity index (χ2v) is 9.87. The van der Waals surface area contributed by atoms with Crippen molar-refractivity contribution in [1.82, 2.24) is 20.1 Å². The van der Waals surface area contributed by atoms with Gasteiger partial charge in [0.15, 0.2) is 0 Å². The van der Waals surface area contributed by atoms with Crippen LogP contribution >= 0.6 is 0 Å². The average molecular weight is 479 g/mol. The number of nitrogens with one attached hydrogen (secondary N) is 1. The van der Waals surface area contributed by atoms with Crippen molar-refractivity contribution >= 4 is 11.8 Å². The van der Waals surface area contributed by atoms with Gasteiger partial charge in [0.1, 0.15) is 5.56 Å². The summed E-state index contributed by atoms with van der Waals surface area (Å²) in [5.41, 5.74) is 1.67. The first kappa shape index (κ1) is 23.8. The highest BCUT2D eigenvalue weighted by molar-refractivity contribution is 5.96. The molecule has 0 aliphatic carbocycles. The molecule has 3 aliphatic heterocycles. The number of hydrogen-bond donors (Lipinski definition) is 1. The summed E-state index contributed by atoms with van der Waals surface area (Å²) in [5.74, 6) is 1.38. The zero-order chi connectivity index (χ0) is 24.2. The van der Waals surface area contributed by atoms with Crippen molar-refractivity contribution in [1.29, 1.82) is 0 Å². The van der Waals surface area contributed by atoms with Gasteiger partial charge < -0.3 is 24.6 Å². The first-order chi connectivity index (χ1) is 17.1. The van der Waals surface area contributed by atoms with E-state index in [1.807, 2.05) is 23.1 Å². The number of nitrogens with zero attached hydrogens (tertiary/aromatic N) is 3. The number of benzene rings is 1. The number of likely N-dealkylation sites (tertiary alicyclic amines) is 2. The second kappa shape index (κ2) is 10.7. The lowest BCUT2D eigenvalue weighted by molar-refractivity contribution is -0.125. The molecule has 35 heavy (non-hydrogen) atoms. The molecule has 0 spiro atoms. The fourth-order valence-corrected chi connectivity index (χ4v) is 5.68. The van der Waals surface area contributed by atoms with Crippen LogP contribution in [0.2, 0.25) is 0 Å². The number of carbonyl (C=O) groups is 2. The number of methoxy groups -OCH3 is 1. The van der Waals surface area contributed by atoms with E-state index in [1.54, 1.807) is 25.4 Å². The maximum absolute atomic E-state index is 13.1. The summed E-state index contributed by atoms with van der Waals surface area (Å²) in [6, 6.07) is 13.8. The minimum absolute atomic E-state index is 0.00125. The standard InChI is InChI=1S/C27H34N4O4/c1-34-26-23(8-5-11-28-26)27(33)31-16-21-14-30(15-22(21)17-31)12-9-24(19-6-3-2-4-7-19)29-25(32)20-10-13-35-18-20/h2-8,11,20-22,24H,9-10,12-18H2,1H3,(H,29,32)/t20?,21?,22?,24-/m0/s1. The first-order valence-corrected chi connectivity index (χ1v) is 12.6. The monoisotopic (exact) mass is 478 g/mol. The second-order valence-electron chi connectivity index (χ2n) is 9.87. The number of ether oxygens (including phenoxy) is 2. The molecule has 0 bridgehead atoms. The van der Waals surface area contributed by atoms with Crippen LogP contribution in [0.4, 0.5) is 0 Å². The molecular formula is C27H34N4O4. The van der Waals surface area contributed by atoms with Gasteiger partial charge in [0.2, 0.25) is 11.8 Å². The molecule has 186 valence electrons. The number of amides is 2. The van der Waals surface area contributed by atoms with Crippen LogP contribution in [-0.4, -0.2) is 79.6 Å². The molecule has 1 N–H and O–H groups in total. The number of pyridine rings is 1. The Morgan fingerprint density at radius 1 is 1.11 bits per heavy atom. The Bertz CT molecular complexity index is 1010. The van der Waals surface area contributed by atoms with E-state index in [4.69, 9.17) is 9.47 Å². The molecule has 4 atom stereocenters. The molecule has 1 aromatic heterocycles. The Morgan fingerprint density at radius 2 is 1.89 bits per heavy atom. The Labute approximate surface area is 206 Å². The van der Waals surface area contributed by atoms with E-state index in [1.165, 1.54) is 0 Å². The summed E-state index contributed by atoms with van der Waals surface area (Å²) >= 11 is 0. The van der Waals surface area contributed by atoms with E-state index in [-0.39, 0.29) is 23.8 Å². The summed E-state index contributed by atoms with van der Waals surface area (Å²) in [6.45, 7) is 5.57. The zero-order valence-electron chi connectivity index (χ0n) is 20.3. The molecule has 3 aliphatic rings. The minimum Gasteiger partial charge on any atom is -0.480 e. The van der Waals surface area contributed by atoms with Gasteiger partial charge in [0, 0.05) is 45.5 Å². The lowest BCUT2D eigenvalue weighted by Gasteiger charge is -2.25. The van der Waals surface area contributed by atoms with Crippen molar-refractivity contribution in [3.8, 4) is 5.88 Å². The Hall–Kier alpha value is -2.97. The summed E-state index contributed by atoms with van der Waals surface area (Å²) in [5, 5.41) is 3.28. The highest BCUT2D eigenvalue weighted by Gasteiger charge is 2.42. The van der Waals surface area contributed by atoms with Crippen molar-refractivity contribution in [3.63, 3.8) is 0 Å². The number of carbonyl (C=O) groups excluding carboxylic acids is 2. The summed E-state index contributed by atoms with van der Waals surface area (Å²) < 4.78 is 10.7. The minimum atomic E-state index is -0.0469. The molecule has 8 heteroatoms. The van der Waals surface area contributed by atoms with Gasteiger partial charge in [-0.15, -0.1) is 0 Å². The molecule has 4 heterocycles. The van der Waals surface area contributed by atoms with Crippen LogP contribution in [-0.2, 0) is 9.53 Å². The predicted molar refractivity (Wildman–Crippen MR) is 131 cm³/mol. The van der Waals surface area contributed by atoms with Crippen molar-refractivity contribution in [2.45, 2.75) is 18.9 Å². The van der Waals surface area contributed by atoms with Crippen LogP contribution in [0.15, 0.2) is 48.7 Å². The highest BCUT2D eigenvalue weighted by Crippen LogP contribution is 2.33. The van der Waals surface area contributed by atoms with Gasteiger partial charge in [0.05, 0.1) is 25.7 Å². The normalized spacial score (nSPS) is 24.8. The van der Waals surface area contributed by atoms with Crippen molar-refractivity contribution < 1.29 is 19.1 Å². The maximum Gasteiger partial charge on any atom is 0.259 e. The van der Waals surface area contributed by atoms with Gasteiger partial charge in [-0.1, -0.05) is 30.3 Å². The van der Waals surface area contributed by atoms with E-state index in [9.17, 15) is 9.59 Å². The van der Waals surface area contributed by atoms with Crippen molar-refractivity contribution in [2.24, 2.45) is 17.8 Å². The Balaban J connectivity index is 1.16.